The van der Waals surface area contributed by atoms with Gasteiger partial charge in [-0.3, -0.25) is 0 Å². The highest BCUT2D eigenvalue weighted by Gasteiger charge is 2.31. The summed E-state index contributed by atoms with van der Waals surface area (Å²) in [6.07, 6.45) is 2.45. The molecule has 1 N–H and O–H groups in total. The van der Waals surface area contributed by atoms with Gasteiger partial charge in [0, 0.05) is 18.7 Å². The Morgan fingerprint density at radius 1 is 1.32 bits per heavy atom. The summed E-state index contributed by atoms with van der Waals surface area (Å²) in [7, 11) is 2.09. The fourth-order valence-corrected chi connectivity index (χ4v) is 2.48. The van der Waals surface area contributed by atoms with E-state index in [1.165, 1.54) is 12.8 Å². The van der Waals surface area contributed by atoms with Crippen molar-refractivity contribution in [3.05, 3.63) is 41.6 Å². The molecule has 3 rings (SSSR count). The van der Waals surface area contributed by atoms with E-state index in [2.05, 4.69) is 17.0 Å². The minimum atomic E-state index is 0.0328. The number of rotatable bonds is 4. The zero-order valence-corrected chi connectivity index (χ0v) is 11.4. The van der Waals surface area contributed by atoms with Gasteiger partial charge in [-0.2, -0.15) is 5.10 Å². The lowest BCUT2D eigenvalue weighted by Crippen LogP contribution is -2.23. The predicted octanol–water partition coefficient (Wildman–Crippen LogP) is 2.27. The van der Waals surface area contributed by atoms with Gasteiger partial charge in [-0.15, -0.1) is 0 Å². The van der Waals surface area contributed by atoms with Gasteiger partial charge in [0.25, 0.3) is 0 Å². The Balaban J connectivity index is 2.13. The molecule has 1 aromatic heterocycles. The summed E-state index contributed by atoms with van der Waals surface area (Å²) in [5.74, 6) is 1.02. The monoisotopic (exact) mass is 257 g/mol. The second-order valence-electron chi connectivity index (χ2n) is 5.14. The Morgan fingerprint density at radius 3 is 2.58 bits per heavy atom. The third kappa shape index (κ3) is 2.12. The van der Waals surface area contributed by atoms with Gasteiger partial charge < -0.3 is 10.0 Å². The Bertz CT molecular complexity index is 573. The molecule has 1 aromatic carbocycles. The topological polar surface area (TPSA) is 41.3 Å². The number of hydrogen-bond donors (Lipinski definition) is 1. The van der Waals surface area contributed by atoms with E-state index >= 15 is 0 Å². The quantitative estimate of drug-likeness (QED) is 0.913. The van der Waals surface area contributed by atoms with Crippen molar-refractivity contribution in [3.8, 4) is 5.69 Å². The summed E-state index contributed by atoms with van der Waals surface area (Å²) >= 11 is 0. The first-order valence-corrected chi connectivity index (χ1v) is 6.70. The molecule has 0 radical (unpaired) electrons. The van der Waals surface area contributed by atoms with E-state index in [1.54, 1.807) is 0 Å². The molecule has 1 fully saturated rings. The van der Waals surface area contributed by atoms with E-state index in [9.17, 15) is 5.11 Å². The van der Waals surface area contributed by atoms with Gasteiger partial charge >= 0.3 is 0 Å². The summed E-state index contributed by atoms with van der Waals surface area (Å²) in [6, 6.07) is 10.7. The van der Waals surface area contributed by atoms with Crippen molar-refractivity contribution < 1.29 is 5.11 Å². The van der Waals surface area contributed by atoms with Crippen molar-refractivity contribution in [3.63, 3.8) is 0 Å². The van der Waals surface area contributed by atoms with Crippen LogP contribution in [0.2, 0.25) is 0 Å². The lowest BCUT2D eigenvalue weighted by Gasteiger charge is -2.21. The van der Waals surface area contributed by atoms with Crippen LogP contribution in [0.5, 0.6) is 0 Å². The summed E-state index contributed by atoms with van der Waals surface area (Å²) < 4.78 is 1.94. The van der Waals surface area contributed by atoms with Crippen molar-refractivity contribution in [1.82, 2.24) is 9.78 Å². The number of aromatic nitrogens is 2. The average molecular weight is 257 g/mol. The highest BCUT2D eigenvalue weighted by molar-refractivity contribution is 5.55. The smallest absolute Gasteiger partial charge is 0.138 e. The first-order chi connectivity index (χ1) is 9.22. The molecule has 0 bridgehead atoms. The van der Waals surface area contributed by atoms with Gasteiger partial charge in [-0.05, 0) is 31.9 Å². The molecule has 0 aliphatic heterocycles. The van der Waals surface area contributed by atoms with Crippen molar-refractivity contribution in [2.75, 3.05) is 11.9 Å². The van der Waals surface area contributed by atoms with Gasteiger partial charge in [0.2, 0.25) is 0 Å². The second-order valence-corrected chi connectivity index (χ2v) is 5.14. The average Bonchev–Trinajstić information content (AvgIpc) is 3.22. The minimum Gasteiger partial charge on any atom is -0.391 e. The van der Waals surface area contributed by atoms with Crippen LogP contribution in [0.15, 0.2) is 30.3 Å². The van der Waals surface area contributed by atoms with Crippen molar-refractivity contribution in [2.45, 2.75) is 32.4 Å². The van der Waals surface area contributed by atoms with Gasteiger partial charge in [-0.25, -0.2) is 4.68 Å². The predicted molar refractivity (Wildman–Crippen MR) is 75.6 cm³/mol. The SMILES string of the molecule is Cc1nn(-c2ccccc2)c(N(C)C2CC2)c1CO. The van der Waals surface area contributed by atoms with Crippen LogP contribution < -0.4 is 4.90 Å². The standard InChI is InChI=1S/C15H19N3O/c1-11-14(10-19)15(17(2)12-8-9-12)18(16-11)13-6-4-3-5-7-13/h3-7,12,19H,8-10H2,1-2H3. The maximum Gasteiger partial charge on any atom is 0.138 e. The van der Waals surface area contributed by atoms with E-state index in [0.29, 0.717) is 6.04 Å². The van der Waals surface area contributed by atoms with Crippen LogP contribution in [0, 0.1) is 6.92 Å². The molecule has 1 saturated carbocycles. The maximum atomic E-state index is 9.63. The Kier molecular flexibility index (Phi) is 3.03. The van der Waals surface area contributed by atoms with Crippen molar-refractivity contribution in [1.29, 1.82) is 0 Å². The van der Waals surface area contributed by atoms with E-state index in [1.807, 2.05) is 41.9 Å². The molecule has 0 spiro atoms. The summed E-state index contributed by atoms with van der Waals surface area (Å²) in [5, 5.41) is 14.2. The minimum absolute atomic E-state index is 0.0328. The van der Waals surface area contributed by atoms with Gasteiger partial charge in [-0.1, -0.05) is 18.2 Å². The van der Waals surface area contributed by atoms with Gasteiger partial charge in [0.1, 0.15) is 5.82 Å². The highest BCUT2D eigenvalue weighted by atomic mass is 16.3. The number of aryl methyl sites for hydroxylation is 1. The van der Waals surface area contributed by atoms with Crippen LogP contribution in [-0.4, -0.2) is 28.0 Å². The summed E-state index contributed by atoms with van der Waals surface area (Å²) in [5.41, 5.74) is 2.86. The Labute approximate surface area is 113 Å². The first kappa shape index (κ1) is 12.2. The molecule has 2 aromatic rings. The van der Waals surface area contributed by atoms with Crippen LogP contribution in [0.1, 0.15) is 24.1 Å². The maximum absolute atomic E-state index is 9.63. The number of benzene rings is 1. The van der Waals surface area contributed by atoms with E-state index < -0.39 is 0 Å². The van der Waals surface area contributed by atoms with Gasteiger partial charge in [0.05, 0.1) is 18.0 Å². The molecule has 0 saturated heterocycles. The number of aliphatic hydroxyl groups excluding tert-OH is 1. The van der Waals surface area contributed by atoms with Crippen LogP contribution >= 0.6 is 0 Å². The number of nitrogens with zero attached hydrogens (tertiary/aromatic N) is 3. The number of hydrogen-bond acceptors (Lipinski definition) is 3. The molecule has 4 nitrogen and oxygen atoms in total. The molecule has 19 heavy (non-hydrogen) atoms. The molecule has 100 valence electrons. The first-order valence-electron chi connectivity index (χ1n) is 6.70. The lowest BCUT2D eigenvalue weighted by molar-refractivity contribution is 0.281. The van der Waals surface area contributed by atoms with E-state index in [4.69, 9.17) is 0 Å². The van der Waals surface area contributed by atoms with Crippen molar-refractivity contribution >= 4 is 5.82 Å². The molecular formula is C15H19N3O. The second kappa shape index (κ2) is 4.70. The summed E-state index contributed by atoms with van der Waals surface area (Å²) in [4.78, 5) is 2.25. The third-order valence-corrected chi connectivity index (χ3v) is 3.74. The number of para-hydroxylation sites is 1. The molecule has 1 aliphatic rings. The number of anilines is 1. The fraction of sp³-hybridized carbons (Fsp3) is 0.400. The molecule has 1 aliphatic carbocycles. The Hall–Kier alpha value is -1.81. The molecule has 0 atom stereocenters. The molecule has 1 heterocycles. The third-order valence-electron chi connectivity index (χ3n) is 3.74. The molecule has 0 unspecified atom stereocenters. The van der Waals surface area contributed by atoms with Crippen LogP contribution in [0.25, 0.3) is 5.69 Å². The zero-order chi connectivity index (χ0) is 13.4. The van der Waals surface area contributed by atoms with Crippen molar-refractivity contribution in [2.24, 2.45) is 0 Å². The largest absolute Gasteiger partial charge is 0.391 e. The molecule has 4 heteroatoms. The van der Waals surface area contributed by atoms with E-state index in [0.717, 1.165) is 22.8 Å². The van der Waals surface area contributed by atoms with Crippen LogP contribution in [-0.2, 0) is 6.61 Å². The van der Waals surface area contributed by atoms with Crippen LogP contribution in [0.4, 0.5) is 5.82 Å². The number of aliphatic hydroxyl groups is 1. The zero-order valence-electron chi connectivity index (χ0n) is 11.4. The van der Waals surface area contributed by atoms with Crippen LogP contribution in [0.3, 0.4) is 0 Å². The molecule has 0 amide bonds. The highest BCUT2D eigenvalue weighted by Crippen LogP contribution is 2.34. The van der Waals surface area contributed by atoms with E-state index in [-0.39, 0.29) is 6.61 Å². The lowest BCUT2D eigenvalue weighted by atomic mass is 10.2. The normalized spacial score (nSPS) is 14.7. The molecular weight excluding hydrogens is 238 g/mol. The summed E-state index contributed by atoms with van der Waals surface area (Å²) in [6.45, 7) is 1.99. The van der Waals surface area contributed by atoms with Gasteiger partial charge in [0.15, 0.2) is 0 Å². The fourth-order valence-electron chi connectivity index (χ4n) is 2.48. The Morgan fingerprint density at radius 2 is 2.00 bits per heavy atom.